The molecule has 7 heteroatoms. The molecule has 0 radical (unpaired) electrons. The minimum absolute atomic E-state index is 0.249. The van der Waals surface area contributed by atoms with Gasteiger partial charge in [-0.05, 0) is 53.2 Å². The van der Waals surface area contributed by atoms with Gasteiger partial charge in [0.25, 0.3) is 5.56 Å². The second-order valence-corrected chi connectivity index (χ2v) is 6.12. The van der Waals surface area contributed by atoms with Crippen molar-refractivity contribution < 1.29 is 0 Å². The number of hydrogen-bond acceptors (Lipinski definition) is 3. The summed E-state index contributed by atoms with van der Waals surface area (Å²) in [6, 6.07) is 14.5. The first-order valence-corrected chi connectivity index (χ1v) is 7.97. The summed E-state index contributed by atoms with van der Waals surface area (Å²) < 4.78 is 2.22. The Morgan fingerprint density at radius 3 is 2.57 bits per heavy atom. The molecule has 0 atom stereocenters. The van der Waals surface area contributed by atoms with Crippen LogP contribution in [0.15, 0.2) is 68.0 Å². The third-order valence-electron chi connectivity index (χ3n) is 3.22. The molecule has 0 bridgehead atoms. The Bertz CT molecular complexity index is 931. The first-order chi connectivity index (χ1) is 11.1. The van der Waals surface area contributed by atoms with Crippen molar-refractivity contribution in [1.82, 2.24) is 9.78 Å². The van der Waals surface area contributed by atoms with Crippen molar-refractivity contribution >= 4 is 38.9 Å². The number of para-hydroxylation sites is 1. The Labute approximate surface area is 145 Å². The topological polar surface area (TPSA) is 62.5 Å². The van der Waals surface area contributed by atoms with Crippen molar-refractivity contribution in [1.29, 1.82) is 0 Å². The van der Waals surface area contributed by atoms with Gasteiger partial charge < -0.3 is 0 Å². The minimum Gasteiger partial charge on any atom is -0.293 e. The average molecular weight is 392 g/mol. The van der Waals surface area contributed by atoms with E-state index in [1.165, 1.54) is 4.68 Å². The van der Waals surface area contributed by atoms with E-state index in [2.05, 4.69) is 31.3 Å². The molecule has 2 aromatic carbocycles. The maximum Gasteiger partial charge on any atom is 0.299 e. The standard InChI is InChI=1S/C16H12BrClN4O/c1-10-15(20-19-11-7-8-13(17)14(18)9-11)16(23)22(21-10)12-5-3-2-4-6-12/h2-9,21H,1H3. The number of nitrogens with zero attached hydrogens (tertiary/aromatic N) is 3. The lowest BCUT2D eigenvalue weighted by atomic mass is 10.3. The molecular formula is C16H12BrClN4O. The molecule has 0 saturated carbocycles. The van der Waals surface area contributed by atoms with Gasteiger partial charge in [-0.2, -0.15) is 5.11 Å². The Hall–Kier alpha value is -2.18. The number of rotatable bonds is 3. The third kappa shape index (κ3) is 3.28. The summed E-state index contributed by atoms with van der Waals surface area (Å²) in [6.07, 6.45) is 0. The molecule has 0 spiro atoms. The summed E-state index contributed by atoms with van der Waals surface area (Å²) in [6.45, 7) is 1.78. The molecule has 5 nitrogen and oxygen atoms in total. The molecule has 0 unspecified atom stereocenters. The molecule has 3 rings (SSSR count). The molecule has 1 N–H and O–H groups in total. The van der Waals surface area contributed by atoms with E-state index in [1.54, 1.807) is 25.1 Å². The number of aromatic amines is 1. The lowest BCUT2D eigenvalue weighted by Gasteiger charge is -1.99. The van der Waals surface area contributed by atoms with Crippen molar-refractivity contribution in [3.63, 3.8) is 0 Å². The highest BCUT2D eigenvalue weighted by atomic mass is 79.9. The molecular weight excluding hydrogens is 380 g/mol. The molecule has 116 valence electrons. The molecule has 0 fully saturated rings. The average Bonchev–Trinajstić information content (AvgIpc) is 2.84. The Morgan fingerprint density at radius 2 is 1.87 bits per heavy atom. The third-order valence-corrected chi connectivity index (χ3v) is 4.46. The predicted molar refractivity (Wildman–Crippen MR) is 94.5 cm³/mol. The zero-order chi connectivity index (χ0) is 16.4. The van der Waals surface area contributed by atoms with Crippen molar-refractivity contribution in [2.75, 3.05) is 0 Å². The van der Waals surface area contributed by atoms with Crippen LogP contribution in [-0.4, -0.2) is 9.78 Å². The number of benzene rings is 2. The molecule has 1 heterocycles. The summed E-state index contributed by atoms with van der Waals surface area (Å²) in [5, 5.41) is 11.7. The normalized spacial score (nSPS) is 11.3. The van der Waals surface area contributed by atoms with Gasteiger partial charge in [-0.25, -0.2) is 4.68 Å². The van der Waals surface area contributed by atoms with Crippen LogP contribution >= 0.6 is 27.5 Å². The van der Waals surface area contributed by atoms with E-state index in [1.807, 2.05) is 30.3 Å². The highest BCUT2D eigenvalue weighted by molar-refractivity contribution is 9.10. The smallest absolute Gasteiger partial charge is 0.293 e. The van der Waals surface area contributed by atoms with Crippen molar-refractivity contribution in [2.24, 2.45) is 10.2 Å². The van der Waals surface area contributed by atoms with Gasteiger partial charge in [-0.15, -0.1) is 5.11 Å². The van der Waals surface area contributed by atoms with Crippen molar-refractivity contribution in [3.05, 3.63) is 74.1 Å². The molecule has 3 aromatic rings. The highest BCUT2D eigenvalue weighted by Crippen LogP contribution is 2.28. The number of halogens is 2. The SMILES string of the molecule is Cc1[nH]n(-c2ccccc2)c(=O)c1N=Nc1ccc(Br)c(Cl)c1. The number of hydrogen-bond donors (Lipinski definition) is 1. The monoisotopic (exact) mass is 390 g/mol. The Balaban J connectivity index is 1.98. The summed E-state index contributed by atoms with van der Waals surface area (Å²) in [7, 11) is 0. The van der Waals surface area contributed by atoms with Crippen LogP contribution in [0.25, 0.3) is 5.69 Å². The zero-order valence-corrected chi connectivity index (χ0v) is 14.5. The predicted octanol–water partition coefficient (Wildman–Crippen LogP) is 5.31. The van der Waals surface area contributed by atoms with Crippen LogP contribution in [0, 0.1) is 6.92 Å². The molecule has 23 heavy (non-hydrogen) atoms. The fourth-order valence-corrected chi connectivity index (χ4v) is 2.49. The van der Waals surface area contributed by atoms with Gasteiger partial charge in [0.05, 0.1) is 22.1 Å². The van der Waals surface area contributed by atoms with Crippen molar-refractivity contribution in [3.8, 4) is 5.69 Å². The van der Waals surface area contributed by atoms with Gasteiger partial charge >= 0.3 is 0 Å². The molecule has 0 saturated heterocycles. The maximum absolute atomic E-state index is 12.5. The van der Waals surface area contributed by atoms with Crippen LogP contribution < -0.4 is 5.56 Å². The summed E-state index contributed by atoms with van der Waals surface area (Å²) in [5.41, 5.74) is 1.98. The van der Waals surface area contributed by atoms with Gasteiger partial charge in [-0.3, -0.25) is 9.89 Å². The Kier molecular flexibility index (Phi) is 4.45. The van der Waals surface area contributed by atoms with Crippen LogP contribution in [0.2, 0.25) is 5.02 Å². The van der Waals surface area contributed by atoms with E-state index < -0.39 is 0 Å². The number of H-pyrrole nitrogens is 1. The molecule has 1 aromatic heterocycles. The summed E-state index contributed by atoms with van der Waals surface area (Å²) in [5.74, 6) is 0. The number of azo groups is 1. The summed E-state index contributed by atoms with van der Waals surface area (Å²) >= 11 is 9.34. The molecule has 0 aliphatic rings. The maximum atomic E-state index is 12.5. The van der Waals surface area contributed by atoms with Crippen LogP contribution in [0.4, 0.5) is 11.4 Å². The lowest BCUT2D eigenvalue weighted by Crippen LogP contribution is -2.13. The fraction of sp³-hybridized carbons (Fsp3) is 0.0625. The molecule has 0 amide bonds. The van der Waals surface area contributed by atoms with Crippen LogP contribution in [-0.2, 0) is 0 Å². The Morgan fingerprint density at radius 1 is 1.13 bits per heavy atom. The number of nitrogens with one attached hydrogen (secondary N) is 1. The van der Waals surface area contributed by atoms with Gasteiger partial charge in [-0.1, -0.05) is 29.8 Å². The van der Waals surface area contributed by atoms with Gasteiger partial charge in [0, 0.05) is 4.47 Å². The number of aryl methyl sites for hydroxylation is 1. The second-order valence-electron chi connectivity index (χ2n) is 4.86. The van der Waals surface area contributed by atoms with E-state index in [9.17, 15) is 4.79 Å². The van der Waals surface area contributed by atoms with Gasteiger partial charge in [0.2, 0.25) is 0 Å². The zero-order valence-electron chi connectivity index (χ0n) is 12.1. The van der Waals surface area contributed by atoms with E-state index in [-0.39, 0.29) is 11.2 Å². The molecule has 0 aliphatic carbocycles. The van der Waals surface area contributed by atoms with Crippen LogP contribution in [0.3, 0.4) is 0 Å². The minimum atomic E-state index is -0.249. The first kappa shape index (κ1) is 15.7. The van der Waals surface area contributed by atoms with Crippen LogP contribution in [0.1, 0.15) is 5.69 Å². The molecule has 0 aliphatic heterocycles. The van der Waals surface area contributed by atoms with E-state index in [4.69, 9.17) is 11.6 Å². The first-order valence-electron chi connectivity index (χ1n) is 6.80. The van der Waals surface area contributed by atoms with Crippen LogP contribution in [0.5, 0.6) is 0 Å². The summed E-state index contributed by atoms with van der Waals surface area (Å²) in [4.78, 5) is 12.5. The van der Waals surface area contributed by atoms with E-state index in [0.29, 0.717) is 16.4 Å². The van der Waals surface area contributed by atoms with E-state index >= 15 is 0 Å². The van der Waals surface area contributed by atoms with Gasteiger partial charge in [0.15, 0.2) is 5.69 Å². The quantitative estimate of drug-likeness (QED) is 0.605. The number of aromatic nitrogens is 2. The van der Waals surface area contributed by atoms with Gasteiger partial charge in [0.1, 0.15) is 0 Å². The second kappa shape index (κ2) is 6.52. The highest BCUT2D eigenvalue weighted by Gasteiger charge is 2.11. The fourth-order valence-electron chi connectivity index (χ4n) is 2.07. The van der Waals surface area contributed by atoms with E-state index in [0.717, 1.165) is 10.2 Å². The lowest BCUT2D eigenvalue weighted by molar-refractivity contribution is 0.835. The largest absolute Gasteiger partial charge is 0.299 e. The van der Waals surface area contributed by atoms with Crippen molar-refractivity contribution in [2.45, 2.75) is 6.92 Å².